The summed E-state index contributed by atoms with van der Waals surface area (Å²) in [7, 11) is 0. The van der Waals surface area contributed by atoms with E-state index in [1.54, 1.807) is 0 Å². The average Bonchev–Trinajstić information content (AvgIpc) is 2.86. The van der Waals surface area contributed by atoms with Gasteiger partial charge in [0.15, 0.2) is 5.78 Å². The topological polar surface area (TPSA) is 51.2 Å². The molecule has 0 N–H and O–H groups in total. The molecule has 0 heterocycles. The number of carbonyl (C=O) groups is 3. The van der Waals surface area contributed by atoms with Crippen molar-refractivity contribution < 1.29 is 14.4 Å². The Kier molecular flexibility index (Phi) is 13.0. The highest BCUT2D eigenvalue weighted by atomic mass is 16.1. The second-order valence-corrected chi connectivity index (χ2v) is 12.5. The smallest absolute Gasteiger partial charge is 0.163 e. The van der Waals surface area contributed by atoms with Crippen LogP contribution in [0.2, 0.25) is 0 Å². The molecule has 0 amide bonds. The summed E-state index contributed by atoms with van der Waals surface area (Å²) in [5.74, 6) is 0.941. The van der Waals surface area contributed by atoms with E-state index in [-0.39, 0.29) is 41.5 Å². The molecule has 3 nitrogen and oxygen atoms in total. The highest BCUT2D eigenvalue weighted by molar-refractivity contribution is 6.02. The van der Waals surface area contributed by atoms with E-state index in [1.165, 1.54) is 46.7 Å². The maximum atomic E-state index is 13.7. The zero-order valence-electron chi connectivity index (χ0n) is 27.0. The Hall–Kier alpha value is -2.55. The third kappa shape index (κ3) is 8.24. The van der Waals surface area contributed by atoms with Crippen LogP contribution in [-0.4, -0.2) is 17.3 Å². The first-order valence-electron chi connectivity index (χ1n) is 15.7. The number of Topliss-reactive ketones (excluding diaryl/α,β-unsaturated/α-hetero) is 3. The summed E-state index contributed by atoms with van der Waals surface area (Å²) in [5, 5.41) is 0. The Balaban J connectivity index is 0.00000178. The van der Waals surface area contributed by atoms with Crippen molar-refractivity contribution in [3.05, 3.63) is 57.6 Å². The van der Waals surface area contributed by atoms with Crippen LogP contribution in [0.25, 0.3) is 11.1 Å². The minimum Gasteiger partial charge on any atom is -0.300 e. The van der Waals surface area contributed by atoms with Crippen LogP contribution in [0.1, 0.15) is 138 Å². The van der Waals surface area contributed by atoms with Gasteiger partial charge in [0.2, 0.25) is 0 Å². The van der Waals surface area contributed by atoms with E-state index in [4.69, 9.17) is 0 Å². The summed E-state index contributed by atoms with van der Waals surface area (Å²) in [6, 6.07) is 8.91. The number of benzene rings is 2. The molecular weight excluding hydrogens is 492 g/mol. The molecule has 2 aromatic rings. The molecule has 3 unspecified atom stereocenters. The van der Waals surface area contributed by atoms with Gasteiger partial charge in [0.1, 0.15) is 11.6 Å². The quantitative estimate of drug-likeness (QED) is 0.263. The van der Waals surface area contributed by atoms with E-state index < -0.39 is 0 Å². The molecule has 0 bridgehead atoms. The van der Waals surface area contributed by atoms with Gasteiger partial charge in [0.25, 0.3) is 0 Å². The van der Waals surface area contributed by atoms with Gasteiger partial charge in [0, 0.05) is 17.9 Å². The molecule has 3 heteroatoms. The van der Waals surface area contributed by atoms with Crippen LogP contribution in [0.5, 0.6) is 0 Å². The first-order chi connectivity index (χ1) is 18.9. The van der Waals surface area contributed by atoms with Crippen LogP contribution in [0.3, 0.4) is 0 Å². The number of hydrogen-bond acceptors (Lipinski definition) is 3. The van der Waals surface area contributed by atoms with Gasteiger partial charge in [-0.1, -0.05) is 85.1 Å². The van der Waals surface area contributed by atoms with Gasteiger partial charge >= 0.3 is 0 Å². The van der Waals surface area contributed by atoms with E-state index in [2.05, 4.69) is 86.6 Å². The van der Waals surface area contributed by atoms with E-state index in [9.17, 15) is 14.4 Å². The molecule has 0 aliphatic heterocycles. The predicted molar refractivity (Wildman–Crippen MR) is 169 cm³/mol. The van der Waals surface area contributed by atoms with E-state index in [0.717, 1.165) is 43.2 Å². The highest BCUT2D eigenvalue weighted by Gasteiger charge is 2.34. The molecule has 220 valence electrons. The Morgan fingerprint density at radius 3 is 2.12 bits per heavy atom. The first-order valence-corrected chi connectivity index (χ1v) is 15.7. The molecule has 0 fully saturated rings. The van der Waals surface area contributed by atoms with E-state index in [0.29, 0.717) is 12.3 Å². The van der Waals surface area contributed by atoms with E-state index in [1.807, 2.05) is 0 Å². The van der Waals surface area contributed by atoms with Crippen LogP contribution in [-0.2, 0) is 16.0 Å². The fourth-order valence-corrected chi connectivity index (χ4v) is 6.55. The van der Waals surface area contributed by atoms with Crippen LogP contribution in [0.4, 0.5) is 0 Å². The lowest BCUT2D eigenvalue weighted by Gasteiger charge is -2.33. The van der Waals surface area contributed by atoms with Crippen molar-refractivity contribution in [2.24, 2.45) is 17.8 Å². The molecule has 0 spiro atoms. The number of aryl methyl sites for hydroxylation is 2. The second-order valence-electron chi connectivity index (χ2n) is 12.5. The maximum absolute atomic E-state index is 13.7. The Labute approximate surface area is 244 Å². The normalized spacial score (nSPS) is 16.2. The Bertz CT molecular complexity index is 1190. The number of fused-ring (bicyclic) bond motifs is 1. The molecule has 2 aromatic carbocycles. The molecule has 0 saturated heterocycles. The van der Waals surface area contributed by atoms with Gasteiger partial charge in [-0.3, -0.25) is 14.4 Å². The second kappa shape index (κ2) is 15.5. The minimum absolute atomic E-state index is 0.0309. The van der Waals surface area contributed by atoms with Gasteiger partial charge in [-0.25, -0.2) is 0 Å². The van der Waals surface area contributed by atoms with Gasteiger partial charge < -0.3 is 0 Å². The summed E-state index contributed by atoms with van der Waals surface area (Å²) in [6.07, 6.45) is 6.30. The molecule has 3 rings (SSSR count). The molecule has 3 atom stereocenters. The lowest BCUT2D eigenvalue weighted by molar-refractivity contribution is -0.129. The molecule has 0 aromatic heterocycles. The van der Waals surface area contributed by atoms with Crippen molar-refractivity contribution in [2.75, 3.05) is 0 Å². The van der Waals surface area contributed by atoms with Crippen molar-refractivity contribution in [1.82, 2.24) is 0 Å². The Morgan fingerprint density at radius 1 is 0.950 bits per heavy atom. The summed E-state index contributed by atoms with van der Waals surface area (Å²) < 4.78 is 0. The van der Waals surface area contributed by atoms with Crippen molar-refractivity contribution in [3.8, 4) is 11.1 Å². The number of rotatable bonds is 11. The van der Waals surface area contributed by atoms with Crippen LogP contribution >= 0.6 is 0 Å². The fraction of sp³-hybridized carbons (Fsp3) is 0.595. The average molecular weight is 547 g/mol. The lowest BCUT2D eigenvalue weighted by Crippen LogP contribution is -2.30. The molecule has 1 aliphatic rings. The van der Waals surface area contributed by atoms with Gasteiger partial charge in [0.05, 0.1) is 6.42 Å². The van der Waals surface area contributed by atoms with Gasteiger partial charge in [-0.15, -0.1) is 0 Å². The standard InChI is InChI=1S/C34H46O3.C3H8/c1-9-11-26(28(10-2)32(36)15-23(7)35)16-25-17-31-29(20(3)4)19-30(24(8)34(31)33(37)18-25)27-13-12-21(5)22(6)14-27;1-3-2/h12-14,19-20,25-26,28H,9-11,15-18H2,1-8H3;3H2,1-2H3. The van der Waals surface area contributed by atoms with Gasteiger partial charge in [-0.05, 0) is 104 Å². The minimum atomic E-state index is -0.0983. The van der Waals surface area contributed by atoms with Gasteiger partial charge in [-0.2, -0.15) is 0 Å². The zero-order chi connectivity index (χ0) is 30.1. The predicted octanol–water partition coefficient (Wildman–Crippen LogP) is 9.94. The number of hydrogen-bond donors (Lipinski definition) is 0. The monoisotopic (exact) mass is 546 g/mol. The summed E-state index contributed by atoms with van der Waals surface area (Å²) in [6.45, 7) is 20.8. The lowest BCUT2D eigenvalue weighted by atomic mass is 9.70. The van der Waals surface area contributed by atoms with Crippen molar-refractivity contribution in [1.29, 1.82) is 0 Å². The van der Waals surface area contributed by atoms with Crippen molar-refractivity contribution >= 4 is 17.3 Å². The fourth-order valence-electron chi connectivity index (χ4n) is 6.55. The SMILES string of the molecule is CCC.CCCC(CC1CC(=O)c2c(C)c(-c3ccc(C)c(C)c3)cc(C(C)C)c2C1)C(CC)C(=O)CC(C)=O. The van der Waals surface area contributed by atoms with Crippen LogP contribution < -0.4 is 0 Å². The molecule has 0 radical (unpaired) electrons. The molecule has 1 aliphatic carbocycles. The summed E-state index contributed by atoms with van der Waals surface area (Å²) >= 11 is 0. The molecular formula is C37H54O3. The summed E-state index contributed by atoms with van der Waals surface area (Å²) in [5.41, 5.74) is 9.41. The largest absolute Gasteiger partial charge is 0.300 e. The highest BCUT2D eigenvalue weighted by Crippen LogP contribution is 2.42. The number of ketones is 3. The van der Waals surface area contributed by atoms with Crippen molar-refractivity contribution in [3.63, 3.8) is 0 Å². The molecule has 40 heavy (non-hydrogen) atoms. The Morgan fingerprint density at radius 2 is 1.60 bits per heavy atom. The van der Waals surface area contributed by atoms with Crippen molar-refractivity contribution in [2.45, 2.75) is 127 Å². The van der Waals surface area contributed by atoms with Crippen LogP contribution in [0.15, 0.2) is 24.3 Å². The maximum Gasteiger partial charge on any atom is 0.163 e. The van der Waals surface area contributed by atoms with E-state index >= 15 is 0 Å². The molecule has 0 saturated carbocycles. The number of carbonyl (C=O) groups excluding carboxylic acids is 3. The summed E-state index contributed by atoms with van der Waals surface area (Å²) in [4.78, 5) is 38.3. The van der Waals surface area contributed by atoms with Crippen LogP contribution in [0, 0.1) is 38.5 Å². The first kappa shape index (κ1) is 33.7. The zero-order valence-corrected chi connectivity index (χ0v) is 27.0. The third-order valence-electron chi connectivity index (χ3n) is 8.56. The third-order valence-corrected chi connectivity index (χ3v) is 8.56.